The first-order chi connectivity index (χ1) is 10.8. The molecule has 0 saturated heterocycles. The molecule has 0 aliphatic heterocycles. The van der Waals surface area contributed by atoms with E-state index in [1.54, 1.807) is 25.1 Å². The minimum absolute atomic E-state index is 0.483. The van der Waals surface area contributed by atoms with Gasteiger partial charge in [-0.05, 0) is 36.8 Å². The summed E-state index contributed by atoms with van der Waals surface area (Å²) in [6, 6.07) is 8.14. The van der Waals surface area contributed by atoms with Crippen molar-refractivity contribution in [3.63, 3.8) is 0 Å². The second kappa shape index (κ2) is 6.56. The van der Waals surface area contributed by atoms with Crippen LogP contribution in [0, 0.1) is 6.92 Å². The Morgan fingerprint density at radius 1 is 1.13 bits per heavy atom. The van der Waals surface area contributed by atoms with Gasteiger partial charge in [0.2, 0.25) is 5.91 Å². The van der Waals surface area contributed by atoms with Gasteiger partial charge < -0.3 is 10.2 Å². The van der Waals surface area contributed by atoms with Crippen molar-refractivity contribution >= 4 is 11.5 Å². The number of aryl methyl sites for hydroxylation is 1. The Bertz CT molecular complexity index is 753. The molecule has 0 saturated carbocycles. The lowest BCUT2D eigenvalue weighted by Crippen LogP contribution is -2.05. The van der Waals surface area contributed by atoms with E-state index in [9.17, 15) is 18.0 Å². The molecule has 120 valence electrons. The first-order valence-electron chi connectivity index (χ1n) is 6.69. The normalized spacial score (nSPS) is 12.8. The van der Waals surface area contributed by atoms with Crippen LogP contribution in [-0.2, 0) is 11.0 Å². The van der Waals surface area contributed by atoms with Crippen LogP contribution in [0.2, 0.25) is 0 Å². The van der Waals surface area contributed by atoms with Crippen LogP contribution in [0.1, 0.15) is 22.6 Å². The summed E-state index contributed by atoms with van der Waals surface area (Å²) in [6.45, 7) is 1.76. The standard InChI is InChI=1S/C17H14F3NO2/c1-11-5-10-15(23-11)14(3-2-4-16(21)22)12-6-8-13(9-7-12)17(18,19)20/h2-10H,1H3,(H2,21,22)/b4-2+,14-3?. The highest BCUT2D eigenvalue weighted by Gasteiger charge is 2.30. The average molecular weight is 321 g/mol. The third kappa shape index (κ3) is 4.35. The van der Waals surface area contributed by atoms with E-state index in [1.807, 2.05) is 0 Å². The third-order valence-electron chi connectivity index (χ3n) is 3.05. The van der Waals surface area contributed by atoms with E-state index in [-0.39, 0.29) is 0 Å². The van der Waals surface area contributed by atoms with Gasteiger partial charge in [-0.1, -0.05) is 24.3 Å². The number of hydrogen-bond donors (Lipinski definition) is 1. The fraction of sp³-hybridized carbons (Fsp3) is 0.118. The summed E-state index contributed by atoms with van der Waals surface area (Å²) >= 11 is 0. The van der Waals surface area contributed by atoms with Crippen LogP contribution >= 0.6 is 0 Å². The maximum atomic E-state index is 12.6. The molecule has 2 rings (SSSR count). The average Bonchev–Trinajstić information content (AvgIpc) is 2.89. The SMILES string of the molecule is Cc1ccc(C(=C/C=C/C(N)=O)c2ccc(C(F)(F)F)cc2)o1. The molecule has 0 atom stereocenters. The van der Waals surface area contributed by atoms with Crippen LogP contribution < -0.4 is 5.73 Å². The quantitative estimate of drug-likeness (QED) is 0.681. The van der Waals surface area contributed by atoms with Gasteiger partial charge >= 0.3 is 6.18 Å². The molecule has 23 heavy (non-hydrogen) atoms. The van der Waals surface area contributed by atoms with Crippen molar-refractivity contribution in [2.75, 3.05) is 0 Å². The van der Waals surface area contributed by atoms with E-state index in [1.165, 1.54) is 18.2 Å². The molecule has 0 unspecified atom stereocenters. The second-order valence-corrected chi connectivity index (χ2v) is 4.83. The Labute approximate surface area is 130 Å². The maximum Gasteiger partial charge on any atom is 0.416 e. The first kappa shape index (κ1) is 16.6. The fourth-order valence-corrected chi connectivity index (χ4v) is 1.98. The van der Waals surface area contributed by atoms with Crippen molar-refractivity contribution in [2.45, 2.75) is 13.1 Å². The molecule has 1 aromatic carbocycles. The molecule has 6 heteroatoms. The van der Waals surface area contributed by atoms with Crippen molar-refractivity contribution in [3.05, 3.63) is 77.3 Å². The lowest BCUT2D eigenvalue weighted by molar-refractivity contribution is -0.137. The predicted octanol–water partition coefficient (Wildman–Crippen LogP) is 4.08. The molecule has 0 spiro atoms. The van der Waals surface area contributed by atoms with E-state index in [2.05, 4.69) is 0 Å². The highest BCUT2D eigenvalue weighted by Crippen LogP contribution is 2.31. The highest BCUT2D eigenvalue weighted by atomic mass is 19.4. The lowest BCUT2D eigenvalue weighted by Gasteiger charge is -2.09. The second-order valence-electron chi connectivity index (χ2n) is 4.83. The van der Waals surface area contributed by atoms with E-state index < -0.39 is 17.6 Å². The number of rotatable bonds is 4. The first-order valence-corrected chi connectivity index (χ1v) is 6.69. The number of carbonyl (C=O) groups excluding carboxylic acids is 1. The molecule has 0 aliphatic rings. The lowest BCUT2D eigenvalue weighted by atomic mass is 10.0. The van der Waals surface area contributed by atoms with E-state index >= 15 is 0 Å². The summed E-state index contributed by atoms with van der Waals surface area (Å²) < 4.78 is 43.4. The van der Waals surface area contributed by atoms with Crippen molar-refractivity contribution in [3.8, 4) is 0 Å². The van der Waals surface area contributed by atoms with Gasteiger partial charge in [-0.15, -0.1) is 0 Å². The van der Waals surface area contributed by atoms with Crippen molar-refractivity contribution in [2.24, 2.45) is 5.73 Å². The Morgan fingerprint density at radius 3 is 2.26 bits per heavy atom. The molecule has 0 aliphatic carbocycles. The van der Waals surface area contributed by atoms with Crippen molar-refractivity contribution in [1.29, 1.82) is 0 Å². The summed E-state index contributed by atoms with van der Waals surface area (Å²) in [5, 5.41) is 0. The molecular formula is C17H14F3NO2. The van der Waals surface area contributed by atoms with Gasteiger partial charge in [-0.2, -0.15) is 13.2 Å². The molecule has 1 aromatic heterocycles. The van der Waals surface area contributed by atoms with Crippen LogP contribution in [-0.4, -0.2) is 5.91 Å². The van der Waals surface area contributed by atoms with Gasteiger partial charge in [0.05, 0.1) is 5.56 Å². The van der Waals surface area contributed by atoms with Crippen molar-refractivity contribution in [1.82, 2.24) is 0 Å². The van der Waals surface area contributed by atoms with Crippen LogP contribution in [0.5, 0.6) is 0 Å². The largest absolute Gasteiger partial charge is 0.461 e. The number of alkyl halides is 3. The van der Waals surface area contributed by atoms with Gasteiger partial charge in [0.25, 0.3) is 0 Å². The third-order valence-corrected chi connectivity index (χ3v) is 3.05. The number of nitrogens with two attached hydrogens (primary N) is 1. The molecule has 3 nitrogen and oxygen atoms in total. The maximum absolute atomic E-state index is 12.6. The van der Waals surface area contributed by atoms with Gasteiger partial charge in [0.1, 0.15) is 11.5 Å². The molecular weight excluding hydrogens is 307 g/mol. The zero-order valence-electron chi connectivity index (χ0n) is 12.2. The number of hydrogen-bond acceptors (Lipinski definition) is 2. The number of allylic oxidation sites excluding steroid dienone is 2. The van der Waals surface area contributed by atoms with Crippen LogP contribution in [0.25, 0.3) is 5.57 Å². The molecule has 1 amide bonds. The Hall–Kier alpha value is -2.76. The van der Waals surface area contributed by atoms with Crippen molar-refractivity contribution < 1.29 is 22.4 Å². The summed E-state index contributed by atoms with van der Waals surface area (Å²) in [4.78, 5) is 10.8. The van der Waals surface area contributed by atoms with Crippen LogP contribution in [0.15, 0.2) is 59.0 Å². The Balaban J connectivity index is 2.43. The number of amides is 1. The monoisotopic (exact) mass is 321 g/mol. The van der Waals surface area contributed by atoms with Crippen LogP contribution in [0.4, 0.5) is 13.2 Å². The smallest absolute Gasteiger partial charge is 0.416 e. The highest BCUT2D eigenvalue weighted by molar-refractivity contribution is 5.87. The zero-order valence-corrected chi connectivity index (χ0v) is 12.2. The molecule has 0 radical (unpaired) electrons. The van der Waals surface area contributed by atoms with E-state index in [0.29, 0.717) is 22.7 Å². The minimum Gasteiger partial charge on any atom is -0.461 e. The van der Waals surface area contributed by atoms with Gasteiger partial charge in [-0.3, -0.25) is 4.79 Å². The molecule has 0 fully saturated rings. The molecule has 0 bridgehead atoms. The number of halogens is 3. The van der Waals surface area contributed by atoms with Gasteiger partial charge in [-0.25, -0.2) is 0 Å². The molecule has 2 N–H and O–H groups in total. The number of benzene rings is 1. The molecule has 2 aromatic rings. The fourth-order valence-electron chi connectivity index (χ4n) is 1.98. The zero-order chi connectivity index (χ0) is 17.0. The number of carbonyl (C=O) groups is 1. The topological polar surface area (TPSA) is 56.2 Å². The predicted molar refractivity (Wildman–Crippen MR) is 80.3 cm³/mol. The number of primary amides is 1. The summed E-state index contributed by atoms with van der Waals surface area (Å²) in [7, 11) is 0. The van der Waals surface area contributed by atoms with E-state index in [0.717, 1.165) is 18.2 Å². The number of furan rings is 1. The van der Waals surface area contributed by atoms with E-state index in [4.69, 9.17) is 10.2 Å². The van der Waals surface area contributed by atoms with Gasteiger partial charge in [0, 0.05) is 11.6 Å². The summed E-state index contributed by atoms with van der Waals surface area (Å²) in [5.74, 6) is 0.525. The van der Waals surface area contributed by atoms with Crippen LogP contribution in [0.3, 0.4) is 0 Å². The minimum atomic E-state index is -4.39. The Kier molecular flexibility index (Phi) is 4.74. The summed E-state index contributed by atoms with van der Waals surface area (Å²) in [6.07, 6.45) is -0.256. The van der Waals surface area contributed by atoms with Gasteiger partial charge in [0.15, 0.2) is 0 Å². The molecule has 1 heterocycles. The Morgan fingerprint density at radius 2 is 1.78 bits per heavy atom. The summed E-state index contributed by atoms with van der Waals surface area (Å²) in [5.41, 5.74) is 5.37.